The van der Waals surface area contributed by atoms with Gasteiger partial charge in [-0.3, -0.25) is 4.90 Å². The molecule has 3 heterocycles. The van der Waals surface area contributed by atoms with Crippen molar-refractivity contribution in [3.63, 3.8) is 0 Å². The quantitative estimate of drug-likeness (QED) is 0.492. The fourth-order valence-electron chi connectivity index (χ4n) is 4.00. The molecule has 11 nitrogen and oxygen atoms in total. The van der Waals surface area contributed by atoms with Crippen LogP contribution in [0.2, 0.25) is 5.02 Å². The van der Waals surface area contributed by atoms with Crippen LogP contribution in [0.25, 0.3) is 5.65 Å². The van der Waals surface area contributed by atoms with E-state index < -0.39 is 0 Å². The highest BCUT2D eigenvalue weighted by Gasteiger charge is 2.26. The van der Waals surface area contributed by atoms with E-state index in [9.17, 15) is 15.6 Å². The molecule has 0 aliphatic carbocycles. The van der Waals surface area contributed by atoms with Crippen molar-refractivity contribution >= 4 is 40.5 Å². The number of halogens is 1. The van der Waals surface area contributed by atoms with Crippen LogP contribution < -0.4 is 15.5 Å². The van der Waals surface area contributed by atoms with E-state index in [0.717, 1.165) is 18.8 Å². The second kappa shape index (κ2) is 9.46. The number of aliphatic hydroxyl groups is 1. The Balaban J connectivity index is 1.71. The van der Waals surface area contributed by atoms with Gasteiger partial charge < -0.3 is 20.6 Å². The van der Waals surface area contributed by atoms with Crippen LogP contribution in [0.3, 0.4) is 0 Å². The highest BCUT2D eigenvalue weighted by atomic mass is 35.5. The van der Waals surface area contributed by atoms with Crippen molar-refractivity contribution in [1.82, 2.24) is 24.5 Å². The number of nitrogens with zero attached hydrogens (tertiary/aromatic N) is 8. The van der Waals surface area contributed by atoms with Gasteiger partial charge in [0, 0.05) is 39.3 Å². The molecule has 0 amide bonds. The first-order valence-corrected chi connectivity index (χ1v) is 10.8. The minimum Gasteiger partial charge on any atom is -0.395 e. The van der Waals surface area contributed by atoms with Crippen molar-refractivity contribution < 1.29 is 5.11 Å². The van der Waals surface area contributed by atoms with Gasteiger partial charge in [-0.15, -0.1) is 0 Å². The van der Waals surface area contributed by atoms with Crippen molar-refractivity contribution in [3.05, 3.63) is 34.5 Å². The number of nitrogens with one attached hydrogen (secondary N) is 2. The first-order chi connectivity index (χ1) is 16.0. The number of rotatable bonds is 6. The van der Waals surface area contributed by atoms with Crippen molar-refractivity contribution in [3.8, 4) is 12.1 Å². The summed E-state index contributed by atoms with van der Waals surface area (Å²) < 4.78 is 1.44. The van der Waals surface area contributed by atoms with Crippen LogP contribution in [0, 0.1) is 22.7 Å². The summed E-state index contributed by atoms with van der Waals surface area (Å²) in [6.45, 7) is 5.11. The van der Waals surface area contributed by atoms with E-state index in [0.29, 0.717) is 46.5 Å². The first-order valence-electron chi connectivity index (χ1n) is 10.4. The van der Waals surface area contributed by atoms with E-state index in [1.807, 2.05) is 0 Å². The molecule has 1 aliphatic heterocycles. The van der Waals surface area contributed by atoms with Gasteiger partial charge in [0.15, 0.2) is 5.65 Å². The lowest BCUT2D eigenvalue weighted by molar-refractivity contribution is 0.174. The molecule has 0 bridgehead atoms. The molecule has 12 heteroatoms. The number of aliphatic hydroxyl groups excluding tert-OH is 1. The highest BCUT2D eigenvalue weighted by Crippen LogP contribution is 2.37. The Kier molecular flexibility index (Phi) is 6.47. The van der Waals surface area contributed by atoms with E-state index in [4.69, 9.17) is 11.6 Å². The average Bonchev–Trinajstić information content (AvgIpc) is 3.23. The van der Waals surface area contributed by atoms with Crippen LogP contribution in [0.5, 0.6) is 0 Å². The topological polar surface area (TPSA) is 141 Å². The highest BCUT2D eigenvalue weighted by molar-refractivity contribution is 6.36. The van der Waals surface area contributed by atoms with Gasteiger partial charge in [0.2, 0.25) is 11.9 Å². The summed E-state index contributed by atoms with van der Waals surface area (Å²) in [6.07, 6.45) is 1.42. The molecule has 2 aromatic heterocycles. The summed E-state index contributed by atoms with van der Waals surface area (Å²) in [5.41, 5.74) is 2.33. The van der Waals surface area contributed by atoms with E-state index >= 15 is 0 Å². The zero-order chi connectivity index (χ0) is 23.5. The van der Waals surface area contributed by atoms with Gasteiger partial charge in [-0.1, -0.05) is 11.6 Å². The van der Waals surface area contributed by atoms with Crippen LogP contribution in [-0.2, 0) is 0 Å². The molecule has 0 spiro atoms. The van der Waals surface area contributed by atoms with Gasteiger partial charge in [0.05, 0.1) is 40.8 Å². The van der Waals surface area contributed by atoms with Gasteiger partial charge in [-0.25, -0.2) is 0 Å². The second-order valence-corrected chi connectivity index (χ2v) is 8.06. The molecular formula is C21H23ClN10O. The zero-order valence-electron chi connectivity index (χ0n) is 18.2. The maximum absolute atomic E-state index is 9.62. The molecule has 1 aromatic carbocycles. The summed E-state index contributed by atoms with van der Waals surface area (Å²) in [4.78, 5) is 13.2. The number of hydrogen-bond acceptors (Lipinski definition) is 10. The monoisotopic (exact) mass is 466 g/mol. The minimum absolute atomic E-state index is 0.120. The molecule has 1 aliphatic rings. The third-order valence-electron chi connectivity index (χ3n) is 5.58. The number of benzene rings is 1. The largest absolute Gasteiger partial charge is 0.395 e. The Morgan fingerprint density at radius 1 is 1.24 bits per heavy atom. The summed E-state index contributed by atoms with van der Waals surface area (Å²) in [5, 5.41) is 38.8. The molecule has 0 unspecified atom stereocenters. The number of anilines is 4. The fourth-order valence-corrected chi connectivity index (χ4v) is 4.27. The molecule has 3 N–H and O–H groups in total. The van der Waals surface area contributed by atoms with E-state index in [1.165, 1.54) is 10.7 Å². The normalized spacial score (nSPS) is 16.4. The third-order valence-corrected chi connectivity index (χ3v) is 5.98. The maximum Gasteiger partial charge on any atom is 0.232 e. The molecule has 4 rings (SSSR count). The standard InChI is InChI=1S/C21H23ClN10O/c1-13-12-30(5-6-33)3-4-31(13)17-8-14(9-23)7-16(18(17)22)27-20-28-19-15(10-24)11-26-32(19)21(25-2)29-20/h7-8,11,13,33H,3-6,12H2,1-2H3,(H2,25,27,28,29)/t13-/m0/s1. The Labute approximate surface area is 195 Å². The predicted molar refractivity (Wildman–Crippen MR) is 125 cm³/mol. The van der Waals surface area contributed by atoms with E-state index in [-0.39, 0.29) is 18.6 Å². The van der Waals surface area contributed by atoms with Crippen LogP contribution in [0.1, 0.15) is 18.1 Å². The fraction of sp³-hybridized carbons (Fsp3) is 0.381. The van der Waals surface area contributed by atoms with Crippen molar-refractivity contribution in [2.75, 3.05) is 55.4 Å². The van der Waals surface area contributed by atoms with Gasteiger partial charge in [-0.2, -0.15) is 30.1 Å². The smallest absolute Gasteiger partial charge is 0.232 e. The lowest BCUT2D eigenvalue weighted by atomic mass is 10.1. The number of piperazine rings is 1. The van der Waals surface area contributed by atoms with E-state index in [1.54, 1.807) is 19.2 Å². The van der Waals surface area contributed by atoms with Crippen LogP contribution in [0.15, 0.2) is 18.3 Å². The molecular weight excluding hydrogens is 444 g/mol. The SMILES string of the molecule is CNc1nc(Nc2cc(C#N)cc(N3CCN(CCO)C[C@@H]3C)c2Cl)nc2c(C#N)cnn12. The number of β-amino-alcohol motifs (C(OH)–C–C–N with tert-alkyl or cyclic N) is 1. The predicted octanol–water partition coefficient (Wildman–Crippen LogP) is 1.81. The lowest BCUT2D eigenvalue weighted by Gasteiger charge is -2.41. The average molecular weight is 467 g/mol. The molecule has 170 valence electrons. The molecule has 33 heavy (non-hydrogen) atoms. The van der Waals surface area contributed by atoms with Crippen LogP contribution in [0.4, 0.5) is 23.3 Å². The van der Waals surface area contributed by atoms with Gasteiger partial charge in [0.25, 0.3) is 0 Å². The van der Waals surface area contributed by atoms with Gasteiger partial charge in [0.1, 0.15) is 11.6 Å². The summed E-state index contributed by atoms with van der Waals surface area (Å²) in [6, 6.07) is 7.82. The molecule has 0 saturated carbocycles. The Hall–Kier alpha value is -3.64. The third kappa shape index (κ3) is 4.34. The minimum atomic E-state index is 0.120. The Bertz CT molecular complexity index is 1260. The summed E-state index contributed by atoms with van der Waals surface area (Å²) in [7, 11) is 1.69. The van der Waals surface area contributed by atoms with Gasteiger partial charge in [-0.05, 0) is 19.1 Å². The van der Waals surface area contributed by atoms with Gasteiger partial charge >= 0.3 is 0 Å². The number of fused-ring (bicyclic) bond motifs is 1. The molecule has 0 radical (unpaired) electrons. The summed E-state index contributed by atoms with van der Waals surface area (Å²) >= 11 is 6.80. The first kappa shape index (κ1) is 22.6. The molecule has 1 atom stereocenters. The number of hydrogen-bond donors (Lipinski definition) is 3. The summed E-state index contributed by atoms with van der Waals surface area (Å²) in [5.74, 6) is 0.609. The Morgan fingerprint density at radius 2 is 2.06 bits per heavy atom. The van der Waals surface area contributed by atoms with Crippen LogP contribution in [-0.4, -0.2) is 75.5 Å². The molecule has 3 aromatic rings. The number of aromatic nitrogens is 4. The molecule has 1 fully saturated rings. The van der Waals surface area contributed by atoms with Crippen molar-refractivity contribution in [1.29, 1.82) is 10.5 Å². The zero-order valence-corrected chi connectivity index (χ0v) is 19.0. The number of nitriles is 2. The van der Waals surface area contributed by atoms with E-state index in [2.05, 4.69) is 54.6 Å². The molecule has 1 saturated heterocycles. The lowest BCUT2D eigenvalue weighted by Crippen LogP contribution is -2.52. The maximum atomic E-state index is 9.62. The van der Waals surface area contributed by atoms with Crippen LogP contribution >= 0.6 is 11.6 Å². The second-order valence-electron chi connectivity index (χ2n) is 7.69. The van der Waals surface area contributed by atoms with Crippen molar-refractivity contribution in [2.45, 2.75) is 13.0 Å². The van der Waals surface area contributed by atoms with Crippen molar-refractivity contribution in [2.24, 2.45) is 0 Å². The Morgan fingerprint density at radius 3 is 2.73 bits per heavy atom.